The molecule has 2 N–H and O–H groups in total. The molecule has 1 atom stereocenters. The molecule has 40 heavy (non-hydrogen) atoms. The predicted molar refractivity (Wildman–Crippen MR) is 158 cm³/mol. The summed E-state index contributed by atoms with van der Waals surface area (Å²) in [4.78, 5) is 26.7. The Bertz CT molecular complexity index is 1390. The Morgan fingerprint density at radius 1 is 1.18 bits per heavy atom. The number of nitrogens with one attached hydrogen (secondary N) is 1. The molecule has 0 saturated carbocycles. The van der Waals surface area contributed by atoms with E-state index in [0.717, 1.165) is 34.6 Å². The summed E-state index contributed by atoms with van der Waals surface area (Å²) in [5.41, 5.74) is 4.07. The molecule has 0 fully saturated rings. The maximum Gasteiger partial charge on any atom is 0.407 e. The van der Waals surface area contributed by atoms with E-state index in [1.807, 2.05) is 68.8 Å². The number of hydrogen-bond donors (Lipinski definition) is 2. The van der Waals surface area contributed by atoms with Gasteiger partial charge in [0.15, 0.2) is 5.82 Å². The van der Waals surface area contributed by atoms with E-state index >= 15 is 0 Å². The van der Waals surface area contributed by atoms with Crippen molar-refractivity contribution < 1.29 is 19.4 Å². The van der Waals surface area contributed by atoms with Crippen LogP contribution in [0, 0.1) is 11.3 Å². The van der Waals surface area contributed by atoms with Crippen LogP contribution in [0.4, 0.5) is 10.6 Å². The molecular formula is C31H39ClN4O4. The highest BCUT2D eigenvalue weighted by molar-refractivity contribution is 6.30. The number of aryl methyl sites for hydroxylation is 1. The number of carbonyl (C=O) groups is 2. The number of aromatic nitrogens is 2. The SMILES string of the molecule is CCc1cc(NC(=O)c2ccc3c(c2)CCN(C(=O)O)C3C(C)(C)C)nn1Cc1cc(Cl)ccc1OCC(C)C. The van der Waals surface area contributed by atoms with E-state index in [9.17, 15) is 14.7 Å². The number of rotatable bonds is 8. The molecule has 9 heteroatoms. The van der Waals surface area contributed by atoms with Crippen molar-refractivity contribution in [3.8, 4) is 5.75 Å². The van der Waals surface area contributed by atoms with Gasteiger partial charge in [-0.1, -0.05) is 59.2 Å². The number of fused-ring (bicyclic) bond motifs is 1. The molecule has 1 aromatic heterocycles. The van der Waals surface area contributed by atoms with Crippen molar-refractivity contribution in [2.24, 2.45) is 11.3 Å². The van der Waals surface area contributed by atoms with Gasteiger partial charge in [-0.3, -0.25) is 9.48 Å². The van der Waals surface area contributed by atoms with Crippen molar-refractivity contribution >= 4 is 29.4 Å². The lowest BCUT2D eigenvalue weighted by Crippen LogP contribution is -2.44. The number of halogens is 1. The Hall–Kier alpha value is -3.52. The number of carboxylic acid groups (broad SMARTS) is 1. The van der Waals surface area contributed by atoms with Crippen LogP contribution in [0.3, 0.4) is 0 Å². The zero-order valence-corrected chi connectivity index (χ0v) is 24.9. The van der Waals surface area contributed by atoms with E-state index in [4.69, 9.17) is 16.3 Å². The van der Waals surface area contributed by atoms with Crippen LogP contribution in [-0.2, 0) is 19.4 Å². The highest BCUT2D eigenvalue weighted by Gasteiger charge is 2.38. The molecule has 0 spiro atoms. The second kappa shape index (κ2) is 11.9. The second-order valence-electron chi connectivity index (χ2n) is 11.9. The van der Waals surface area contributed by atoms with Crippen molar-refractivity contribution in [2.45, 2.75) is 67.0 Å². The summed E-state index contributed by atoms with van der Waals surface area (Å²) in [5, 5.41) is 18.0. The number of ether oxygens (including phenoxy) is 1. The van der Waals surface area contributed by atoms with Gasteiger partial charge in [-0.05, 0) is 65.6 Å². The summed E-state index contributed by atoms with van der Waals surface area (Å²) in [6.07, 6.45) is 0.370. The summed E-state index contributed by atoms with van der Waals surface area (Å²) in [7, 11) is 0. The van der Waals surface area contributed by atoms with Crippen molar-refractivity contribution in [1.82, 2.24) is 14.7 Å². The summed E-state index contributed by atoms with van der Waals surface area (Å²) in [6.45, 7) is 13.8. The zero-order valence-electron chi connectivity index (χ0n) is 24.1. The lowest BCUT2D eigenvalue weighted by molar-refractivity contribution is 0.0758. The number of hydrogen-bond acceptors (Lipinski definition) is 4. The van der Waals surface area contributed by atoms with E-state index in [1.165, 1.54) is 4.90 Å². The number of carbonyl (C=O) groups excluding carboxylic acids is 1. The minimum Gasteiger partial charge on any atom is -0.493 e. The Morgan fingerprint density at radius 3 is 2.58 bits per heavy atom. The van der Waals surface area contributed by atoms with E-state index in [0.29, 0.717) is 48.4 Å². The molecule has 0 radical (unpaired) electrons. The molecule has 3 aromatic rings. The first kappa shape index (κ1) is 29.5. The van der Waals surface area contributed by atoms with Gasteiger partial charge in [0.05, 0.1) is 19.2 Å². The molecule has 1 aliphatic heterocycles. The Kier molecular flexibility index (Phi) is 8.78. The van der Waals surface area contributed by atoms with Crippen LogP contribution in [-0.4, -0.2) is 44.9 Å². The third-order valence-electron chi connectivity index (χ3n) is 7.08. The quantitative estimate of drug-likeness (QED) is 0.304. The minimum absolute atomic E-state index is 0.258. The fourth-order valence-corrected chi connectivity index (χ4v) is 5.46. The zero-order chi connectivity index (χ0) is 29.2. The second-order valence-corrected chi connectivity index (χ2v) is 12.3. The molecule has 214 valence electrons. The van der Waals surface area contributed by atoms with E-state index < -0.39 is 6.09 Å². The molecule has 2 heterocycles. The third kappa shape index (κ3) is 6.61. The highest BCUT2D eigenvalue weighted by Crippen LogP contribution is 2.42. The number of amides is 2. The van der Waals surface area contributed by atoms with Gasteiger partial charge in [-0.15, -0.1) is 0 Å². The van der Waals surface area contributed by atoms with Gasteiger partial charge < -0.3 is 20.1 Å². The third-order valence-corrected chi connectivity index (χ3v) is 7.32. The average Bonchev–Trinajstić information content (AvgIpc) is 3.27. The smallest absolute Gasteiger partial charge is 0.407 e. The molecule has 4 rings (SSSR count). The molecule has 0 aliphatic carbocycles. The molecule has 8 nitrogen and oxygen atoms in total. The molecular weight excluding hydrogens is 528 g/mol. The highest BCUT2D eigenvalue weighted by atomic mass is 35.5. The molecule has 1 unspecified atom stereocenters. The largest absolute Gasteiger partial charge is 0.493 e. The molecule has 0 saturated heterocycles. The Labute approximate surface area is 241 Å². The lowest BCUT2D eigenvalue weighted by atomic mass is 9.77. The molecule has 2 aromatic carbocycles. The standard InChI is InChI=1S/C31H39ClN4O4/c1-7-24-16-27(34-36(24)17-22-15-23(32)9-11-26(22)40-18-19(2)3)33-29(37)21-8-10-25-20(14-21)12-13-35(30(38)39)28(25)31(4,5)6/h8-11,14-16,19,28H,7,12-13,17-18H2,1-6H3,(H,38,39)(H,33,34,37). The topological polar surface area (TPSA) is 96.7 Å². The van der Waals surface area contributed by atoms with Crippen molar-refractivity contribution in [2.75, 3.05) is 18.5 Å². The van der Waals surface area contributed by atoms with E-state index in [-0.39, 0.29) is 17.4 Å². The van der Waals surface area contributed by atoms with Crippen molar-refractivity contribution in [3.05, 3.63) is 75.4 Å². The first-order chi connectivity index (χ1) is 18.9. The number of benzene rings is 2. The summed E-state index contributed by atoms with van der Waals surface area (Å²) < 4.78 is 7.88. The molecule has 0 bridgehead atoms. The van der Waals surface area contributed by atoms with Gasteiger partial charge in [0, 0.05) is 34.5 Å². The Morgan fingerprint density at radius 2 is 1.93 bits per heavy atom. The predicted octanol–water partition coefficient (Wildman–Crippen LogP) is 7.06. The Balaban J connectivity index is 1.55. The van der Waals surface area contributed by atoms with Gasteiger partial charge in [-0.25, -0.2) is 4.79 Å². The van der Waals surface area contributed by atoms with Gasteiger partial charge >= 0.3 is 6.09 Å². The van der Waals surface area contributed by atoms with Gasteiger partial charge in [-0.2, -0.15) is 5.10 Å². The maximum atomic E-state index is 13.3. The number of anilines is 1. The van der Waals surface area contributed by atoms with Crippen LogP contribution in [0.2, 0.25) is 5.02 Å². The van der Waals surface area contributed by atoms with Gasteiger partial charge in [0.1, 0.15) is 5.75 Å². The van der Waals surface area contributed by atoms with Crippen molar-refractivity contribution in [1.29, 1.82) is 0 Å². The van der Waals surface area contributed by atoms with E-state index in [2.05, 4.69) is 24.3 Å². The first-order valence-electron chi connectivity index (χ1n) is 13.8. The molecule has 1 aliphatic rings. The fourth-order valence-electron chi connectivity index (χ4n) is 5.26. The minimum atomic E-state index is -0.925. The normalized spacial score (nSPS) is 15.2. The summed E-state index contributed by atoms with van der Waals surface area (Å²) in [6, 6.07) is 12.7. The van der Waals surface area contributed by atoms with Gasteiger partial charge in [0.2, 0.25) is 0 Å². The van der Waals surface area contributed by atoms with Crippen molar-refractivity contribution in [3.63, 3.8) is 0 Å². The first-order valence-corrected chi connectivity index (χ1v) is 14.2. The monoisotopic (exact) mass is 566 g/mol. The summed E-state index contributed by atoms with van der Waals surface area (Å²) in [5.74, 6) is 1.37. The van der Waals surface area contributed by atoms with Crippen LogP contribution >= 0.6 is 11.6 Å². The van der Waals surface area contributed by atoms with Crippen LogP contribution in [0.25, 0.3) is 0 Å². The molecule has 2 amide bonds. The number of nitrogens with zero attached hydrogens (tertiary/aromatic N) is 3. The van der Waals surface area contributed by atoms with E-state index in [1.54, 1.807) is 6.07 Å². The maximum absolute atomic E-state index is 13.3. The fraction of sp³-hybridized carbons (Fsp3) is 0.452. The van der Waals surface area contributed by atoms with Crippen LogP contribution < -0.4 is 10.1 Å². The van der Waals surface area contributed by atoms with Crippen LogP contribution in [0.15, 0.2) is 42.5 Å². The lowest BCUT2D eigenvalue weighted by Gasteiger charge is -2.43. The summed E-state index contributed by atoms with van der Waals surface area (Å²) >= 11 is 6.30. The van der Waals surface area contributed by atoms with Crippen LogP contribution in [0.1, 0.15) is 80.3 Å². The average molecular weight is 567 g/mol. The van der Waals surface area contributed by atoms with Crippen LogP contribution in [0.5, 0.6) is 5.75 Å². The van der Waals surface area contributed by atoms with Gasteiger partial charge in [0.25, 0.3) is 5.91 Å².